The summed E-state index contributed by atoms with van der Waals surface area (Å²) in [6.45, 7) is 4.16. The number of hydrogen-bond donors (Lipinski definition) is 1. The Balaban J connectivity index is 1.97. The van der Waals surface area contributed by atoms with Gasteiger partial charge < -0.3 is 9.84 Å². The molecule has 0 aliphatic carbocycles. The van der Waals surface area contributed by atoms with E-state index in [2.05, 4.69) is 11.6 Å². The standard InChI is InChI=1S/C14H17NO2/c1-2-6-13(16)9-12-10-17-14(15-12)11-7-4-3-5-8-11/h2-5,7-8,12-13,16H,1,6,9-10H2/t12-,13+/m0/s1. The van der Waals surface area contributed by atoms with Gasteiger partial charge in [-0.3, -0.25) is 0 Å². The van der Waals surface area contributed by atoms with Crippen LogP contribution in [0.2, 0.25) is 0 Å². The summed E-state index contributed by atoms with van der Waals surface area (Å²) >= 11 is 0. The van der Waals surface area contributed by atoms with Crippen molar-refractivity contribution in [1.82, 2.24) is 0 Å². The maximum Gasteiger partial charge on any atom is 0.216 e. The van der Waals surface area contributed by atoms with E-state index in [1.54, 1.807) is 6.08 Å². The van der Waals surface area contributed by atoms with Gasteiger partial charge in [0.25, 0.3) is 0 Å². The van der Waals surface area contributed by atoms with E-state index >= 15 is 0 Å². The average molecular weight is 231 g/mol. The van der Waals surface area contributed by atoms with Crippen LogP contribution in [0.4, 0.5) is 0 Å². The molecule has 0 radical (unpaired) electrons. The van der Waals surface area contributed by atoms with Crippen molar-refractivity contribution in [3.63, 3.8) is 0 Å². The van der Waals surface area contributed by atoms with Crippen molar-refractivity contribution < 1.29 is 9.84 Å². The number of ether oxygens (including phenoxy) is 1. The van der Waals surface area contributed by atoms with Gasteiger partial charge in [0.1, 0.15) is 6.61 Å². The summed E-state index contributed by atoms with van der Waals surface area (Å²) in [5, 5.41) is 9.67. The van der Waals surface area contributed by atoms with E-state index in [9.17, 15) is 5.11 Å². The Kier molecular flexibility index (Phi) is 3.94. The van der Waals surface area contributed by atoms with Gasteiger partial charge in [0, 0.05) is 5.56 Å². The SMILES string of the molecule is C=CC[C@@H](O)C[C@H]1COC(c2ccccc2)=N1. The maximum atomic E-state index is 9.67. The van der Waals surface area contributed by atoms with Crippen LogP contribution >= 0.6 is 0 Å². The second kappa shape index (κ2) is 5.64. The van der Waals surface area contributed by atoms with Gasteiger partial charge in [-0.1, -0.05) is 24.3 Å². The fourth-order valence-corrected chi connectivity index (χ4v) is 1.88. The molecule has 0 aromatic heterocycles. The monoisotopic (exact) mass is 231 g/mol. The van der Waals surface area contributed by atoms with Crippen molar-refractivity contribution in [1.29, 1.82) is 0 Å². The zero-order chi connectivity index (χ0) is 12.1. The number of nitrogens with zero attached hydrogens (tertiary/aromatic N) is 1. The number of aliphatic imine (C=N–C) groups is 1. The first-order valence-electron chi connectivity index (χ1n) is 5.84. The summed E-state index contributed by atoms with van der Waals surface area (Å²) in [5.74, 6) is 0.682. The minimum atomic E-state index is -0.375. The van der Waals surface area contributed by atoms with Crippen LogP contribution in [0.1, 0.15) is 18.4 Å². The summed E-state index contributed by atoms with van der Waals surface area (Å²) in [5.41, 5.74) is 0.994. The lowest BCUT2D eigenvalue weighted by atomic mass is 10.1. The molecule has 0 bridgehead atoms. The molecular weight excluding hydrogens is 214 g/mol. The first-order chi connectivity index (χ1) is 8.29. The van der Waals surface area contributed by atoms with Crippen LogP contribution < -0.4 is 0 Å². The summed E-state index contributed by atoms with van der Waals surface area (Å²) in [6.07, 6.45) is 2.58. The van der Waals surface area contributed by atoms with Gasteiger partial charge in [-0.25, -0.2) is 4.99 Å². The normalized spacial score (nSPS) is 20.5. The molecule has 1 aliphatic heterocycles. The maximum absolute atomic E-state index is 9.67. The Morgan fingerprint density at radius 2 is 2.24 bits per heavy atom. The first-order valence-corrected chi connectivity index (χ1v) is 5.84. The van der Waals surface area contributed by atoms with Gasteiger partial charge in [0.15, 0.2) is 0 Å². The number of benzene rings is 1. The Hall–Kier alpha value is -1.61. The highest BCUT2D eigenvalue weighted by molar-refractivity contribution is 5.95. The molecule has 0 amide bonds. The second-order valence-electron chi connectivity index (χ2n) is 4.18. The van der Waals surface area contributed by atoms with Crippen molar-refractivity contribution in [3.05, 3.63) is 48.6 Å². The molecule has 1 aliphatic rings. The zero-order valence-corrected chi connectivity index (χ0v) is 9.75. The van der Waals surface area contributed by atoms with Crippen molar-refractivity contribution in [2.24, 2.45) is 4.99 Å². The van der Waals surface area contributed by atoms with Crippen molar-refractivity contribution >= 4 is 5.90 Å². The fourth-order valence-electron chi connectivity index (χ4n) is 1.88. The molecule has 1 heterocycles. The zero-order valence-electron chi connectivity index (χ0n) is 9.75. The summed E-state index contributed by atoms with van der Waals surface area (Å²) < 4.78 is 5.54. The van der Waals surface area contributed by atoms with E-state index in [0.717, 1.165) is 5.56 Å². The quantitative estimate of drug-likeness (QED) is 0.789. The van der Waals surface area contributed by atoms with Crippen molar-refractivity contribution in [3.8, 4) is 0 Å². The van der Waals surface area contributed by atoms with Gasteiger partial charge >= 0.3 is 0 Å². The molecule has 0 saturated heterocycles. The molecular formula is C14H17NO2. The number of aliphatic hydroxyl groups excluding tert-OH is 1. The fraction of sp³-hybridized carbons (Fsp3) is 0.357. The Morgan fingerprint density at radius 3 is 2.94 bits per heavy atom. The molecule has 0 fully saturated rings. The van der Waals surface area contributed by atoms with Crippen LogP contribution in [0.5, 0.6) is 0 Å². The third-order valence-corrected chi connectivity index (χ3v) is 2.72. The van der Waals surface area contributed by atoms with Crippen molar-refractivity contribution in [2.75, 3.05) is 6.61 Å². The Bertz CT molecular complexity index is 400. The van der Waals surface area contributed by atoms with E-state index in [-0.39, 0.29) is 12.1 Å². The minimum absolute atomic E-state index is 0.0557. The largest absolute Gasteiger partial charge is 0.475 e. The third-order valence-electron chi connectivity index (χ3n) is 2.72. The van der Waals surface area contributed by atoms with E-state index in [1.165, 1.54) is 0 Å². The molecule has 3 nitrogen and oxygen atoms in total. The lowest BCUT2D eigenvalue weighted by molar-refractivity contribution is 0.151. The van der Waals surface area contributed by atoms with Crippen molar-refractivity contribution in [2.45, 2.75) is 25.0 Å². The highest BCUT2D eigenvalue weighted by Gasteiger charge is 2.22. The highest BCUT2D eigenvalue weighted by atomic mass is 16.5. The molecule has 17 heavy (non-hydrogen) atoms. The number of aliphatic hydroxyl groups is 1. The van der Waals surface area contributed by atoms with Crippen LogP contribution in [0.15, 0.2) is 48.0 Å². The van der Waals surface area contributed by atoms with Gasteiger partial charge in [0.05, 0.1) is 12.1 Å². The predicted molar refractivity (Wildman–Crippen MR) is 68.2 cm³/mol. The predicted octanol–water partition coefficient (Wildman–Crippen LogP) is 2.16. The van der Waals surface area contributed by atoms with Crippen LogP contribution in [-0.4, -0.2) is 29.8 Å². The molecule has 0 unspecified atom stereocenters. The lowest BCUT2D eigenvalue weighted by Gasteiger charge is -2.09. The number of rotatable bonds is 5. The molecule has 3 heteroatoms. The van der Waals surface area contributed by atoms with Crippen LogP contribution in [0, 0.1) is 0 Å². The molecule has 0 spiro atoms. The minimum Gasteiger partial charge on any atom is -0.475 e. The molecule has 1 N–H and O–H groups in total. The Morgan fingerprint density at radius 1 is 1.47 bits per heavy atom. The molecule has 1 aromatic carbocycles. The third kappa shape index (κ3) is 3.17. The summed E-state index contributed by atoms with van der Waals surface area (Å²) in [6, 6.07) is 9.88. The molecule has 90 valence electrons. The van der Waals surface area contributed by atoms with Gasteiger partial charge in [-0.15, -0.1) is 6.58 Å². The Labute approximate surface area is 101 Å². The van der Waals surface area contributed by atoms with E-state index in [1.807, 2.05) is 30.3 Å². The lowest BCUT2D eigenvalue weighted by Crippen LogP contribution is -2.16. The molecule has 1 aromatic rings. The van der Waals surface area contributed by atoms with Gasteiger partial charge in [0.2, 0.25) is 5.90 Å². The van der Waals surface area contributed by atoms with E-state index < -0.39 is 0 Å². The average Bonchev–Trinajstić information content (AvgIpc) is 2.79. The summed E-state index contributed by atoms with van der Waals surface area (Å²) in [7, 11) is 0. The van der Waals surface area contributed by atoms with E-state index in [4.69, 9.17) is 4.74 Å². The van der Waals surface area contributed by atoms with E-state index in [0.29, 0.717) is 25.3 Å². The highest BCUT2D eigenvalue weighted by Crippen LogP contribution is 2.16. The first kappa shape index (κ1) is 11.9. The molecule has 2 atom stereocenters. The number of hydrogen-bond acceptors (Lipinski definition) is 3. The smallest absolute Gasteiger partial charge is 0.216 e. The van der Waals surface area contributed by atoms with Crippen LogP contribution in [0.3, 0.4) is 0 Å². The molecule has 0 saturated carbocycles. The summed E-state index contributed by atoms with van der Waals surface area (Å²) in [4.78, 5) is 4.48. The second-order valence-corrected chi connectivity index (χ2v) is 4.18. The van der Waals surface area contributed by atoms with Gasteiger partial charge in [-0.2, -0.15) is 0 Å². The topological polar surface area (TPSA) is 41.8 Å². The van der Waals surface area contributed by atoms with Crippen LogP contribution in [0.25, 0.3) is 0 Å². The van der Waals surface area contributed by atoms with Gasteiger partial charge in [-0.05, 0) is 25.0 Å². The molecule has 2 rings (SSSR count). The van der Waals surface area contributed by atoms with Crippen LogP contribution in [-0.2, 0) is 4.74 Å².